The molecule has 0 saturated heterocycles. The van der Waals surface area contributed by atoms with Crippen LogP contribution in [-0.2, 0) is 17.3 Å². The Hall–Kier alpha value is -2.45. The summed E-state index contributed by atoms with van der Waals surface area (Å²) in [5.74, 6) is -4.47. The van der Waals surface area contributed by atoms with Gasteiger partial charge < -0.3 is 4.74 Å². The topological polar surface area (TPSA) is 44.1 Å². The second kappa shape index (κ2) is 6.81. The van der Waals surface area contributed by atoms with Crippen LogP contribution in [0.1, 0.15) is 65.6 Å². The zero-order valence-corrected chi connectivity index (χ0v) is 15.5. The van der Waals surface area contributed by atoms with E-state index in [4.69, 9.17) is 4.74 Å². The van der Waals surface area contributed by atoms with Gasteiger partial charge >= 0.3 is 12.1 Å². The van der Waals surface area contributed by atoms with Crippen molar-refractivity contribution < 1.29 is 31.5 Å². The monoisotopic (exact) mass is 414 g/mol. The highest BCUT2D eigenvalue weighted by Gasteiger charge is 2.58. The Morgan fingerprint density at radius 2 is 1.90 bits per heavy atom. The third-order valence-corrected chi connectivity index (χ3v) is 5.62. The number of nitrogens with zero attached hydrogens (tertiary/aromatic N) is 2. The second-order valence-corrected chi connectivity index (χ2v) is 7.81. The molecule has 1 heterocycles. The summed E-state index contributed by atoms with van der Waals surface area (Å²) < 4.78 is 76.4. The highest BCUT2D eigenvalue weighted by Crippen LogP contribution is 2.52. The number of esters is 1. The van der Waals surface area contributed by atoms with Crippen LogP contribution in [0.3, 0.4) is 0 Å². The Kier molecular flexibility index (Phi) is 4.66. The number of halogens is 5. The molecule has 0 unspecified atom stereocenters. The number of hydrogen-bond acceptors (Lipinski definition) is 3. The number of alkyl halides is 5. The van der Waals surface area contributed by atoms with E-state index in [2.05, 4.69) is 5.10 Å². The third-order valence-electron chi connectivity index (χ3n) is 5.62. The van der Waals surface area contributed by atoms with Crippen LogP contribution in [0.15, 0.2) is 30.3 Å². The minimum Gasteiger partial charge on any atom is -0.447 e. The number of hydrogen-bond donors (Lipinski definition) is 0. The van der Waals surface area contributed by atoms with Crippen LogP contribution in [0.4, 0.5) is 22.0 Å². The highest BCUT2D eigenvalue weighted by atomic mass is 19.4. The van der Waals surface area contributed by atoms with Gasteiger partial charge in [-0.1, -0.05) is 25.1 Å². The van der Waals surface area contributed by atoms with Gasteiger partial charge in [-0.3, -0.25) is 4.68 Å². The van der Waals surface area contributed by atoms with Crippen molar-refractivity contribution >= 4 is 5.97 Å². The van der Waals surface area contributed by atoms with E-state index < -0.39 is 41.9 Å². The van der Waals surface area contributed by atoms with Gasteiger partial charge in [-0.2, -0.15) is 18.3 Å². The number of aromatic nitrogens is 2. The lowest BCUT2D eigenvalue weighted by Crippen LogP contribution is -2.29. The van der Waals surface area contributed by atoms with Crippen LogP contribution < -0.4 is 0 Å². The first kappa shape index (κ1) is 19.8. The van der Waals surface area contributed by atoms with Gasteiger partial charge in [0.15, 0.2) is 11.8 Å². The standard InChI is InChI=1S/C20H19F5N2O2/c1-11-7-8-13(9-11)27-14-10-19(21,22)17(15(14)16(26-27)20(23,24)25)29-18(28)12-5-3-2-4-6-12/h2-6,11,13,17H,7-10H2,1H3/t11-,13-,17+/m1/s1. The molecule has 9 heteroatoms. The number of carbonyl (C=O) groups is 1. The number of rotatable bonds is 3. The molecule has 2 aliphatic rings. The molecule has 156 valence electrons. The summed E-state index contributed by atoms with van der Waals surface area (Å²) in [4.78, 5) is 12.3. The molecule has 29 heavy (non-hydrogen) atoms. The normalized spacial score (nSPS) is 25.8. The third kappa shape index (κ3) is 3.51. The van der Waals surface area contributed by atoms with Crippen LogP contribution in [0.2, 0.25) is 0 Å². The maximum Gasteiger partial charge on any atom is 0.435 e. The predicted molar refractivity (Wildman–Crippen MR) is 92.5 cm³/mol. The van der Waals surface area contributed by atoms with Crippen molar-refractivity contribution in [3.8, 4) is 0 Å². The molecular weight excluding hydrogens is 395 g/mol. The molecule has 1 aromatic carbocycles. The van der Waals surface area contributed by atoms with Gasteiger partial charge in [0.05, 0.1) is 29.3 Å². The van der Waals surface area contributed by atoms with Crippen molar-refractivity contribution in [1.29, 1.82) is 0 Å². The van der Waals surface area contributed by atoms with Gasteiger partial charge in [0.2, 0.25) is 0 Å². The van der Waals surface area contributed by atoms with E-state index in [1.165, 1.54) is 24.3 Å². The molecule has 0 radical (unpaired) electrons. The molecule has 1 fully saturated rings. The van der Waals surface area contributed by atoms with Gasteiger partial charge in [-0.25, -0.2) is 13.6 Å². The summed E-state index contributed by atoms with van der Waals surface area (Å²) in [5.41, 5.74) is -2.31. The summed E-state index contributed by atoms with van der Waals surface area (Å²) in [5, 5.41) is 3.68. The summed E-state index contributed by atoms with van der Waals surface area (Å²) >= 11 is 0. The molecule has 1 saturated carbocycles. The fourth-order valence-electron chi connectivity index (χ4n) is 4.27. The first-order valence-electron chi connectivity index (χ1n) is 9.40. The molecule has 3 atom stereocenters. The number of carbonyl (C=O) groups excluding carboxylic acids is 1. The maximum atomic E-state index is 14.7. The lowest BCUT2D eigenvalue weighted by atomic mass is 10.1. The molecule has 4 rings (SSSR count). The van der Waals surface area contributed by atoms with Crippen molar-refractivity contribution in [2.75, 3.05) is 0 Å². The summed E-state index contributed by atoms with van der Waals surface area (Å²) in [6.07, 6.45) is -6.25. The Balaban J connectivity index is 1.76. The fraction of sp³-hybridized carbons (Fsp3) is 0.500. The molecule has 2 aromatic rings. The number of ether oxygens (including phenoxy) is 1. The summed E-state index contributed by atoms with van der Waals surface area (Å²) in [7, 11) is 0. The zero-order chi connectivity index (χ0) is 21.0. The van der Waals surface area contributed by atoms with Gasteiger partial charge in [0.25, 0.3) is 5.92 Å². The molecule has 0 amide bonds. The van der Waals surface area contributed by atoms with Crippen molar-refractivity contribution in [3.05, 3.63) is 52.8 Å². The largest absolute Gasteiger partial charge is 0.447 e. The second-order valence-electron chi connectivity index (χ2n) is 7.81. The molecule has 1 aromatic heterocycles. The molecule has 0 aliphatic heterocycles. The van der Waals surface area contributed by atoms with Crippen LogP contribution in [0, 0.1) is 5.92 Å². The maximum absolute atomic E-state index is 14.7. The lowest BCUT2D eigenvalue weighted by Gasteiger charge is -2.21. The first-order chi connectivity index (χ1) is 13.6. The molecule has 4 nitrogen and oxygen atoms in total. The minimum atomic E-state index is -4.93. The lowest BCUT2D eigenvalue weighted by molar-refractivity contribution is -0.147. The smallest absolute Gasteiger partial charge is 0.435 e. The molecule has 2 aliphatic carbocycles. The van der Waals surface area contributed by atoms with Crippen LogP contribution in [0.25, 0.3) is 0 Å². The molecule has 0 bridgehead atoms. The average molecular weight is 414 g/mol. The molecule has 0 N–H and O–H groups in total. The van der Waals surface area contributed by atoms with Gasteiger partial charge in [0, 0.05) is 0 Å². The molecule has 0 spiro atoms. The van der Waals surface area contributed by atoms with Crippen molar-refractivity contribution in [2.45, 2.75) is 56.9 Å². The van der Waals surface area contributed by atoms with E-state index in [1.54, 1.807) is 6.07 Å². The Morgan fingerprint density at radius 3 is 2.48 bits per heavy atom. The van der Waals surface area contributed by atoms with E-state index in [0.29, 0.717) is 12.8 Å². The SMILES string of the molecule is C[C@@H]1CC[C@@H](n2nc(C(F)(F)F)c3c2CC(F)(F)[C@H]3OC(=O)c2ccccc2)C1. The quantitative estimate of drug-likeness (QED) is 0.502. The number of fused-ring (bicyclic) bond motifs is 1. The Bertz CT molecular complexity index is 923. The Morgan fingerprint density at radius 1 is 1.21 bits per heavy atom. The van der Waals surface area contributed by atoms with Crippen LogP contribution >= 0.6 is 0 Å². The van der Waals surface area contributed by atoms with Crippen molar-refractivity contribution in [3.63, 3.8) is 0 Å². The van der Waals surface area contributed by atoms with Crippen LogP contribution in [0.5, 0.6) is 0 Å². The van der Waals surface area contributed by atoms with E-state index >= 15 is 0 Å². The zero-order valence-electron chi connectivity index (χ0n) is 15.5. The molecular formula is C20H19F5N2O2. The highest BCUT2D eigenvalue weighted by molar-refractivity contribution is 5.89. The summed E-state index contributed by atoms with van der Waals surface area (Å²) in [6, 6.07) is 6.97. The minimum absolute atomic E-state index is 0.0117. The van der Waals surface area contributed by atoms with E-state index in [0.717, 1.165) is 11.1 Å². The van der Waals surface area contributed by atoms with E-state index in [-0.39, 0.29) is 23.2 Å². The van der Waals surface area contributed by atoms with Gasteiger partial charge in [-0.15, -0.1) is 0 Å². The van der Waals surface area contributed by atoms with Crippen LogP contribution in [-0.4, -0.2) is 21.7 Å². The Labute approximate surface area is 163 Å². The van der Waals surface area contributed by atoms with E-state index in [1.807, 2.05) is 6.92 Å². The van der Waals surface area contributed by atoms with E-state index in [9.17, 15) is 26.7 Å². The van der Waals surface area contributed by atoms with Crippen molar-refractivity contribution in [1.82, 2.24) is 9.78 Å². The fourth-order valence-corrected chi connectivity index (χ4v) is 4.27. The summed E-state index contributed by atoms with van der Waals surface area (Å²) in [6.45, 7) is 1.97. The predicted octanol–water partition coefficient (Wildman–Crippen LogP) is 5.35. The van der Waals surface area contributed by atoms with Crippen molar-refractivity contribution in [2.24, 2.45) is 5.92 Å². The van der Waals surface area contributed by atoms with Gasteiger partial charge in [0.1, 0.15) is 0 Å². The first-order valence-corrected chi connectivity index (χ1v) is 9.40. The average Bonchev–Trinajstić information content (AvgIpc) is 3.29. The van der Waals surface area contributed by atoms with Gasteiger partial charge in [-0.05, 0) is 37.3 Å². The number of benzene rings is 1.